The fourth-order valence-corrected chi connectivity index (χ4v) is 1.24. The molecule has 0 heterocycles. The van der Waals surface area contributed by atoms with Crippen molar-refractivity contribution in [1.82, 2.24) is 5.32 Å². The first-order valence-electron chi connectivity index (χ1n) is 5.70. The fraction of sp³-hybridized carbons (Fsp3) is 1.00. The molecule has 16 heavy (non-hydrogen) atoms. The molecule has 0 saturated carbocycles. The molecule has 0 aromatic rings. The molecule has 0 aromatic carbocycles. The van der Waals surface area contributed by atoms with Gasteiger partial charge < -0.3 is 19.9 Å². The van der Waals surface area contributed by atoms with Gasteiger partial charge in [0.25, 0.3) is 0 Å². The first-order chi connectivity index (χ1) is 7.07. The lowest BCUT2D eigenvalue weighted by molar-refractivity contribution is -0.160. The number of hydrogen-bond donors (Lipinski definition) is 2. The van der Waals surface area contributed by atoms with E-state index in [2.05, 4.69) is 26.1 Å². The van der Waals surface area contributed by atoms with Gasteiger partial charge in [0.05, 0.1) is 18.2 Å². The summed E-state index contributed by atoms with van der Waals surface area (Å²) in [5.41, 5.74) is -0.414. The third-order valence-corrected chi connectivity index (χ3v) is 2.24. The van der Waals surface area contributed by atoms with E-state index in [0.29, 0.717) is 6.61 Å². The number of rotatable bonds is 6. The largest absolute Gasteiger partial charge is 0.376 e. The van der Waals surface area contributed by atoms with Gasteiger partial charge in [0.1, 0.15) is 0 Å². The van der Waals surface area contributed by atoms with Crippen LogP contribution in [0, 0.1) is 0 Å². The summed E-state index contributed by atoms with van der Waals surface area (Å²) in [5, 5.41) is 13.1. The third-order valence-electron chi connectivity index (χ3n) is 2.24. The zero-order valence-corrected chi connectivity index (χ0v) is 11.6. The molecule has 4 heteroatoms. The number of nitrogens with one attached hydrogen (secondary N) is 1. The van der Waals surface area contributed by atoms with E-state index in [0.717, 1.165) is 0 Å². The lowest BCUT2D eigenvalue weighted by atomic mass is 10.1. The zero-order chi connectivity index (χ0) is 13.0. The van der Waals surface area contributed by atoms with Gasteiger partial charge in [-0.3, -0.25) is 0 Å². The summed E-state index contributed by atoms with van der Waals surface area (Å²) in [6, 6.07) is -0.118. The minimum Gasteiger partial charge on any atom is -0.376 e. The van der Waals surface area contributed by atoms with Crippen LogP contribution in [0.15, 0.2) is 0 Å². The van der Waals surface area contributed by atoms with E-state index >= 15 is 0 Å². The van der Waals surface area contributed by atoms with Crippen molar-refractivity contribution in [2.24, 2.45) is 0 Å². The average molecular weight is 233 g/mol. The van der Waals surface area contributed by atoms with Gasteiger partial charge in [-0.2, -0.15) is 0 Å². The molecule has 0 rings (SSSR count). The molecule has 0 aliphatic carbocycles. The highest BCUT2D eigenvalue weighted by molar-refractivity contribution is 4.77. The first kappa shape index (κ1) is 15.8. The summed E-state index contributed by atoms with van der Waals surface area (Å²) in [4.78, 5) is 0. The van der Waals surface area contributed by atoms with Crippen LogP contribution in [-0.2, 0) is 9.47 Å². The van der Waals surface area contributed by atoms with Crippen molar-refractivity contribution in [3.8, 4) is 0 Å². The van der Waals surface area contributed by atoms with E-state index in [1.165, 1.54) is 0 Å². The van der Waals surface area contributed by atoms with Crippen molar-refractivity contribution in [2.45, 2.75) is 65.0 Å². The van der Waals surface area contributed by atoms with E-state index in [4.69, 9.17) is 9.47 Å². The number of hydrogen-bond acceptors (Lipinski definition) is 4. The van der Waals surface area contributed by atoms with Crippen LogP contribution in [0.3, 0.4) is 0 Å². The van der Waals surface area contributed by atoms with Crippen molar-refractivity contribution < 1.29 is 14.6 Å². The molecule has 0 radical (unpaired) electrons. The van der Waals surface area contributed by atoms with Crippen LogP contribution in [0.2, 0.25) is 0 Å². The highest BCUT2D eigenvalue weighted by Crippen LogP contribution is 2.11. The molecule has 1 unspecified atom stereocenters. The molecule has 0 spiro atoms. The molecule has 4 nitrogen and oxygen atoms in total. The number of aliphatic hydroxyl groups is 1. The maximum Gasteiger partial charge on any atom is 0.169 e. The SMILES string of the molecule is COC(C)(C)COC(O)[C@H](C)NC(C)(C)C. The van der Waals surface area contributed by atoms with Gasteiger partial charge >= 0.3 is 0 Å². The molecule has 0 amide bonds. The van der Waals surface area contributed by atoms with E-state index in [9.17, 15) is 5.11 Å². The molecule has 0 aliphatic heterocycles. The Bertz CT molecular complexity index is 199. The van der Waals surface area contributed by atoms with Crippen molar-refractivity contribution >= 4 is 0 Å². The normalized spacial score (nSPS) is 17.2. The first-order valence-corrected chi connectivity index (χ1v) is 5.70. The van der Waals surface area contributed by atoms with Crippen molar-refractivity contribution in [1.29, 1.82) is 0 Å². The van der Waals surface area contributed by atoms with Crippen LogP contribution >= 0.6 is 0 Å². The van der Waals surface area contributed by atoms with E-state index in [-0.39, 0.29) is 17.2 Å². The Balaban J connectivity index is 4.02. The van der Waals surface area contributed by atoms with Crippen LogP contribution in [0.5, 0.6) is 0 Å². The van der Waals surface area contributed by atoms with Gasteiger partial charge in [-0.15, -0.1) is 0 Å². The molecular formula is C12H27NO3. The van der Waals surface area contributed by atoms with Crippen molar-refractivity contribution in [3.63, 3.8) is 0 Å². The average Bonchev–Trinajstić information content (AvgIpc) is 2.11. The smallest absolute Gasteiger partial charge is 0.169 e. The maximum atomic E-state index is 9.80. The Labute approximate surface area is 99.3 Å². The van der Waals surface area contributed by atoms with Crippen LogP contribution in [0.4, 0.5) is 0 Å². The number of aliphatic hydroxyl groups excluding tert-OH is 1. The molecule has 0 saturated heterocycles. The number of methoxy groups -OCH3 is 1. The zero-order valence-electron chi connectivity index (χ0n) is 11.6. The van der Waals surface area contributed by atoms with Gasteiger partial charge in [0.15, 0.2) is 6.29 Å². The van der Waals surface area contributed by atoms with Gasteiger partial charge in [-0.25, -0.2) is 0 Å². The topological polar surface area (TPSA) is 50.7 Å². The van der Waals surface area contributed by atoms with Crippen molar-refractivity contribution in [2.75, 3.05) is 13.7 Å². The second-order valence-electron chi connectivity index (χ2n) is 5.85. The summed E-state index contributed by atoms with van der Waals surface area (Å²) in [7, 11) is 1.63. The standard InChI is InChI=1S/C12H27NO3/c1-9(13-11(2,3)4)10(14)16-8-12(5,6)15-7/h9-10,13-14H,8H2,1-7H3/t9-,10?/m0/s1. The number of ether oxygens (including phenoxy) is 2. The second kappa shape index (κ2) is 5.96. The van der Waals surface area contributed by atoms with Crippen LogP contribution in [-0.4, -0.2) is 42.3 Å². The lowest BCUT2D eigenvalue weighted by Crippen LogP contribution is -2.49. The Morgan fingerprint density at radius 1 is 1.19 bits per heavy atom. The Morgan fingerprint density at radius 2 is 1.69 bits per heavy atom. The molecule has 2 N–H and O–H groups in total. The Hall–Kier alpha value is -0.160. The summed E-state index contributed by atoms with van der Waals surface area (Å²) in [6.07, 6.45) is -0.825. The molecule has 0 aromatic heterocycles. The van der Waals surface area contributed by atoms with E-state index in [1.54, 1.807) is 7.11 Å². The summed E-state index contributed by atoms with van der Waals surface area (Å²) < 4.78 is 10.6. The molecule has 98 valence electrons. The van der Waals surface area contributed by atoms with Crippen LogP contribution < -0.4 is 5.32 Å². The van der Waals surface area contributed by atoms with Crippen LogP contribution in [0.25, 0.3) is 0 Å². The monoisotopic (exact) mass is 233 g/mol. The van der Waals surface area contributed by atoms with Crippen molar-refractivity contribution in [3.05, 3.63) is 0 Å². The predicted molar refractivity (Wildman–Crippen MR) is 65.4 cm³/mol. The maximum absolute atomic E-state index is 9.80. The highest BCUT2D eigenvalue weighted by Gasteiger charge is 2.24. The van der Waals surface area contributed by atoms with Gasteiger partial charge in [-0.05, 0) is 41.5 Å². The fourth-order valence-electron chi connectivity index (χ4n) is 1.24. The van der Waals surface area contributed by atoms with Gasteiger partial charge in [0, 0.05) is 12.6 Å². The molecule has 0 aliphatic rings. The highest BCUT2D eigenvalue weighted by atomic mass is 16.6. The summed E-state index contributed by atoms with van der Waals surface area (Å²) in [6.45, 7) is 12.2. The Morgan fingerprint density at radius 3 is 2.06 bits per heavy atom. The van der Waals surface area contributed by atoms with E-state index in [1.807, 2.05) is 20.8 Å². The predicted octanol–water partition coefficient (Wildman–Crippen LogP) is 1.52. The lowest BCUT2D eigenvalue weighted by Gasteiger charge is -2.31. The minimum atomic E-state index is -0.825. The van der Waals surface area contributed by atoms with E-state index < -0.39 is 6.29 Å². The molecule has 0 bridgehead atoms. The minimum absolute atomic E-state index is 0.0411. The third kappa shape index (κ3) is 7.17. The molecule has 0 fully saturated rings. The molecule has 2 atom stereocenters. The summed E-state index contributed by atoms with van der Waals surface area (Å²) >= 11 is 0. The summed E-state index contributed by atoms with van der Waals surface area (Å²) in [5.74, 6) is 0. The second-order valence-corrected chi connectivity index (χ2v) is 5.85. The van der Waals surface area contributed by atoms with Gasteiger partial charge in [-0.1, -0.05) is 0 Å². The molecular weight excluding hydrogens is 206 g/mol. The Kier molecular flexibility index (Phi) is 5.90. The van der Waals surface area contributed by atoms with Crippen LogP contribution in [0.1, 0.15) is 41.5 Å². The van der Waals surface area contributed by atoms with Gasteiger partial charge in [0.2, 0.25) is 0 Å². The quantitative estimate of drug-likeness (QED) is 0.683.